The summed E-state index contributed by atoms with van der Waals surface area (Å²) in [6.45, 7) is 0. The van der Waals surface area contributed by atoms with Crippen LogP contribution in [0.1, 0.15) is 0 Å². The summed E-state index contributed by atoms with van der Waals surface area (Å²) in [5.41, 5.74) is -0.439. The highest BCUT2D eigenvalue weighted by Crippen LogP contribution is 2.52. The van der Waals surface area contributed by atoms with Gasteiger partial charge in [-0.05, 0) is 12.1 Å². The largest absolute Gasteiger partial charge is 0.299 e. The second kappa shape index (κ2) is 3.74. The van der Waals surface area contributed by atoms with Gasteiger partial charge in [-0.15, -0.1) is 11.7 Å². The third kappa shape index (κ3) is 3.13. The summed E-state index contributed by atoms with van der Waals surface area (Å²) in [4.78, 5) is 9.49. The number of halogens is 3. The van der Waals surface area contributed by atoms with Crippen molar-refractivity contribution in [1.29, 1.82) is 0 Å². The molecule has 0 unspecified atom stereocenters. The molecule has 0 aliphatic carbocycles. The molecule has 0 saturated carbocycles. The Labute approximate surface area is 79.2 Å². The molecule has 0 heterocycles. The Morgan fingerprint density at radius 3 is 2.07 bits per heavy atom. The van der Waals surface area contributed by atoms with Gasteiger partial charge in [0.1, 0.15) is 0 Å². The van der Waals surface area contributed by atoms with Crippen LogP contribution in [0.5, 0.6) is 0 Å². The van der Waals surface area contributed by atoms with E-state index in [9.17, 15) is 21.8 Å². The molecule has 0 fully saturated rings. The smallest absolute Gasteiger partial charge is 0.274 e. The minimum atomic E-state index is -5.33. The van der Waals surface area contributed by atoms with Crippen LogP contribution in [0.3, 0.4) is 0 Å². The Morgan fingerprint density at radius 2 is 1.71 bits per heavy atom. The van der Waals surface area contributed by atoms with Crippen molar-refractivity contribution in [3.63, 3.8) is 0 Å². The van der Waals surface area contributed by atoms with Crippen LogP contribution in [0.25, 0.3) is 0 Å². The third-order valence-electron chi connectivity index (χ3n) is 1.31. The lowest BCUT2D eigenvalue weighted by atomic mass is 10.3. The maximum atomic E-state index is 11.8. The maximum absolute atomic E-state index is 11.8. The van der Waals surface area contributed by atoms with Gasteiger partial charge in [-0.25, -0.2) is 0 Å². The van der Waals surface area contributed by atoms with Gasteiger partial charge in [0.05, 0.1) is 4.92 Å². The lowest BCUT2D eigenvalue weighted by Crippen LogP contribution is -1.94. The van der Waals surface area contributed by atoms with Crippen molar-refractivity contribution in [3.8, 4) is 0 Å². The van der Waals surface area contributed by atoms with Gasteiger partial charge in [-0.1, -0.05) is 0 Å². The van der Waals surface area contributed by atoms with E-state index in [0.717, 1.165) is 24.3 Å². The number of nitro benzene ring substituents is 1. The summed E-state index contributed by atoms with van der Waals surface area (Å²) in [5, 5.41) is 10.2. The van der Waals surface area contributed by atoms with Crippen molar-refractivity contribution in [3.05, 3.63) is 34.4 Å². The molecule has 4 nitrogen and oxygen atoms in total. The van der Waals surface area contributed by atoms with Gasteiger partial charge in [0.25, 0.3) is 17.1 Å². The number of hydrogen-bond donors (Lipinski definition) is 1. The van der Waals surface area contributed by atoms with Crippen molar-refractivity contribution in [2.45, 2.75) is 0 Å². The van der Waals surface area contributed by atoms with Crippen LogP contribution >= 0.6 is 11.4 Å². The average molecular weight is 226 g/mol. The topological polar surface area (TPSA) is 55.2 Å². The molecule has 0 saturated heterocycles. The zero-order valence-electron chi connectivity index (χ0n) is 6.62. The molecule has 1 rings (SSSR count). The average Bonchev–Trinajstić information content (AvgIpc) is 2.02. The van der Waals surface area contributed by atoms with Gasteiger partial charge in [0, 0.05) is 17.8 Å². The number of rotatable bonds is 3. The molecule has 14 heavy (non-hydrogen) atoms. The molecule has 1 aromatic carbocycles. The number of non-ortho nitro benzene ring substituents is 1. The van der Waals surface area contributed by atoms with Gasteiger partial charge in [-0.3, -0.25) is 14.8 Å². The second-order valence-corrected chi connectivity index (χ2v) is 3.33. The summed E-state index contributed by atoms with van der Waals surface area (Å²) in [6, 6.07) is 4.04. The molecule has 0 aliphatic rings. The summed E-state index contributed by atoms with van der Waals surface area (Å²) in [5.74, 6) is 0. The van der Waals surface area contributed by atoms with Gasteiger partial charge < -0.3 is 0 Å². The predicted octanol–water partition coefficient (Wildman–Crippen LogP) is 3.38. The van der Waals surface area contributed by atoms with Crippen molar-refractivity contribution in [1.82, 2.24) is 0 Å². The minimum absolute atomic E-state index is 0.196. The molecule has 1 N–H and O–H groups in total. The summed E-state index contributed by atoms with van der Waals surface area (Å²) >= 11 is -5.33. The van der Waals surface area contributed by atoms with Crippen LogP contribution in [0.15, 0.2) is 24.3 Å². The van der Waals surface area contributed by atoms with Gasteiger partial charge in [0.2, 0.25) is 0 Å². The van der Waals surface area contributed by atoms with Gasteiger partial charge in [-0.2, -0.15) is 0 Å². The molecular weight excluding hydrogens is 221 g/mol. The summed E-state index contributed by atoms with van der Waals surface area (Å²) in [6.07, 6.45) is 0. The highest BCUT2D eigenvalue weighted by Gasteiger charge is 2.20. The fourth-order valence-corrected chi connectivity index (χ4v) is 1.19. The van der Waals surface area contributed by atoms with E-state index >= 15 is 0 Å². The van der Waals surface area contributed by atoms with Crippen LogP contribution in [0, 0.1) is 10.1 Å². The van der Waals surface area contributed by atoms with Gasteiger partial charge in [0.15, 0.2) is 0 Å². The Balaban J connectivity index is 2.79. The van der Waals surface area contributed by atoms with Crippen molar-refractivity contribution in [2.75, 3.05) is 4.72 Å². The number of nitrogens with zero attached hydrogens (tertiary/aromatic N) is 1. The molecule has 1 aromatic rings. The molecule has 78 valence electrons. The summed E-state index contributed by atoms with van der Waals surface area (Å²) < 4.78 is 36.8. The van der Waals surface area contributed by atoms with E-state index in [1.807, 2.05) is 0 Å². The van der Waals surface area contributed by atoms with E-state index in [1.54, 1.807) is 0 Å². The summed E-state index contributed by atoms with van der Waals surface area (Å²) in [7, 11) is 0. The normalized spacial score (nSPS) is 12.2. The van der Waals surface area contributed by atoms with Crippen LogP contribution < -0.4 is 4.72 Å². The lowest BCUT2D eigenvalue weighted by molar-refractivity contribution is -0.384. The Bertz CT molecular complexity index is 338. The highest BCUT2D eigenvalue weighted by molar-refractivity contribution is 8.22. The van der Waals surface area contributed by atoms with E-state index in [4.69, 9.17) is 0 Å². The highest BCUT2D eigenvalue weighted by atomic mass is 32.3. The molecular formula is C6H5F3N2O2S. The molecule has 0 bridgehead atoms. The Kier molecular flexibility index (Phi) is 2.84. The SMILES string of the molecule is O=[N+]([O-])c1ccc(NS(F)(F)F)cc1. The van der Waals surface area contributed by atoms with Crippen LogP contribution in [-0.2, 0) is 0 Å². The minimum Gasteiger partial charge on any atom is -0.274 e. The van der Waals surface area contributed by atoms with Crippen molar-refractivity contribution >= 4 is 22.7 Å². The number of anilines is 1. The van der Waals surface area contributed by atoms with Crippen LogP contribution in [0.4, 0.5) is 23.0 Å². The Hall–Kier alpha value is -1.44. The third-order valence-corrected chi connectivity index (χ3v) is 1.78. The number of nitro groups is 1. The number of hydrogen-bond acceptors (Lipinski definition) is 3. The zero-order chi connectivity index (χ0) is 10.8. The molecule has 0 radical (unpaired) electrons. The first-order chi connectivity index (χ1) is 6.38. The fourth-order valence-electron chi connectivity index (χ4n) is 0.785. The van der Waals surface area contributed by atoms with E-state index in [-0.39, 0.29) is 11.4 Å². The fraction of sp³-hybridized carbons (Fsp3) is 0. The first-order valence-corrected chi connectivity index (χ1v) is 4.66. The Morgan fingerprint density at radius 1 is 1.21 bits per heavy atom. The number of nitrogens with one attached hydrogen (secondary N) is 1. The predicted molar refractivity (Wildman–Crippen MR) is 47.6 cm³/mol. The van der Waals surface area contributed by atoms with Crippen LogP contribution in [-0.4, -0.2) is 4.92 Å². The zero-order valence-corrected chi connectivity index (χ0v) is 7.43. The monoisotopic (exact) mass is 226 g/mol. The van der Waals surface area contributed by atoms with Gasteiger partial charge >= 0.3 is 0 Å². The van der Waals surface area contributed by atoms with Crippen LogP contribution in [0.2, 0.25) is 0 Å². The standard InChI is InChI=1S/C6H5F3N2O2S/c7-14(8,9)10-5-1-3-6(4-2-5)11(12)13/h1-4,10H. The first-order valence-electron chi connectivity index (χ1n) is 3.33. The first kappa shape index (κ1) is 10.6. The molecule has 0 atom stereocenters. The molecule has 0 spiro atoms. The maximum Gasteiger partial charge on any atom is 0.299 e. The lowest BCUT2D eigenvalue weighted by Gasteiger charge is -2.11. The van der Waals surface area contributed by atoms with Crippen molar-refractivity contribution < 1.29 is 16.6 Å². The number of benzene rings is 1. The van der Waals surface area contributed by atoms with Crippen molar-refractivity contribution in [2.24, 2.45) is 0 Å². The molecule has 0 amide bonds. The quantitative estimate of drug-likeness (QED) is 0.634. The molecule has 8 heteroatoms. The van der Waals surface area contributed by atoms with E-state index in [0.29, 0.717) is 0 Å². The van der Waals surface area contributed by atoms with E-state index in [1.165, 1.54) is 4.72 Å². The molecule has 0 aromatic heterocycles. The van der Waals surface area contributed by atoms with E-state index in [2.05, 4.69) is 0 Å². The molecule has 0 aliphatic heterocycles. The van der Waals surface area contributed by atoms with E-state index < -0.39 is 16.3 Å². The second-order valence-electron chi connectivity index (χ2n) is 2.31.